The van der Waals surface area contributed by atoms with E-state index in [1.54, 1.807) is 0 Å². The lowest BCUT2D eigenvalue weighted by Gasteiger charge is -2.39. The number of amides is 1. The Balaban J connectivity index is 3.45. The van der Waals surface area contributed by atoms with Gasteiger partial charge < -0.3 is 11.1 Å². The summed E-state index contributed by atoms with van der Waals surface area (Å²) in [4.78, 5) is 12.1. The van der Waals surface area contributed by atoms with Crippen LogP contribution in [0, 0.1) is 17.2 Å². The molecule has 10 heteroatoms. The summed E-state index contributed by atoms with van der Waals surface area (Å²) in [6.07, 6.45) is -9.73. The number of halogens is 6. The van der Waals surface area contributed by atoms with Crippen molar-refractivity contribution in [2.75, 3.05) is 0 Å². The molecule has 136 valence electrons. The van der Waals surface area contributed by atoms with Gasteiger partial charge in [0.25, 0.3) is 5.54 Å². The number of alkyl halides is 6. The Bertz CT molecular complexity index is 534. The first kappa shape index (κ1) is 20.1. The summed E-state index contributed by atoms with van der Waals surface area (Å²) in [6, 6.07) is 0.864. The van der Waals surface area contributed by atoms with Gasteiger partial charge in [0.05, 0.1) is 11.6 Å². The zero-order valence-electron chi connectivity index (χ0n) is 12.8. The maximum atomic E-state index is 13.4. The fraction of sp³-hybridized carbons (Fsp3) is 0.714. The van der Waals surface area contributed by atoms with E-state index in [1.165, 1.54) is 0 Å². The van der Waals surface area contributed by atoms with Crippen molar-refractivity contribution in [3.63, 3.8) is 0 Å². The van der Waals surface area contributed by atoms with Crippen molar-refractivity contribution in [1.29, 1.82) is 5.26 Å². The predicted molar refractivity (Wildman–Crippen MR) is 72.1 cm³/mol. The standard InChI is InChI=1S/C14H17F6N3O/c1-8(22)10(7-21)12(13(15,16)17,14(18,19)20)23-11(24)9-5-3-2-4-6-9/h9H,2-6,22H2,1H3,(H,23,24)/b10-8+. The highest BCUT2D eigenvalue weighted by Crippen LogP contribution is 2.48. The first-order valence-corrected chi connectivity index (χ1v) is 7.21. The van der Waals surface area contributed by atoms with Crippen molar-refractivity contribution in [1.82, 2.24) is 5.32 Å². The summed E-state index contributed by atoms with van der Waals surface area (Å²) in [5.41, 5.74) is -2.46. The third kappa shape index (κ3) is 3.60. The van der Waals surface area contributed by atoms with Crippen LogP contribution in [0.15, 0.2) is 11.3 Å². The van der Waals surface area contributed by atoms with Crippen LogP contribution >= 0.6 is 0 Å². The second-order valence-corrected chi connectivity index (χ2v) is 5.74. The predicted octanol–water partition coefficient (Wildman–Crippen LogP) is 3.30. The molecule has 1 rings (SSSR count). The minimum absolute atomic E-state index is 0.199. The van der Waals surface area contributed by atoms with Gasteiger partial charge in [-0.05, 0) is 19.8 Å². The van der Waals surface area contributed by atoms with E-state index < -0.39 is 41.0 Å². The molecule has 4 nitrogen and oxygen atoms in total. The van der Waals surface area contributed by atoms with Gasteiger partial charge in [-0.3, -0.25) is 4.79 Å². The van der Waals surface area contributed by atoms with Gasteiger partial charge in [-0.2, -0.15) is 31.6 Å². The maximum absolute atomic E-state index is 13.4. The van der Waals surface area contributed by atoms with Crippen LogP contribution in [0.5, 0.6) is 0 Å². The monoisotopic (exact) mass is 357 g/mol. The molecule has 0 aromatic rings. The molecule has 1 saturated carbocycles. The average molecular weight is 357 g/mol. The molecule has 1 aliphatic carbocycles. The van der Waals surface area contributed by atoms with Crippen LogP contribution < -0.4 is 11.1 Å². The van der Waals surface area contributed by atoms with Gasteiger partial charge in [0, 0.05) is 11.6 Å². The van der Waals surface area contributed by atoms with Gasteiger partial charge in [0.15, 0.2) is 0 Å². The number of carbonyl (C=O) groups excluding carboxylic acids is 1. The molecule has 1 aliphatic rings. The van der Waals surface area contributed by atoms with Crippen LogP contribution in [-0.2, 0) is 4.79 Å². The maximum Gasteiger partial charge on any atom is 0.425 e. The summed E-state index contributed by atoms with van der Waals surface area (Å²) in [5.74, 6) is -2.33. The Kier molecular flexibility index (Phi) is 5.79. The van der Waals surface area contributed by atoms with Crippen molar-refractivity contribution in [3.05, 3.63) is 11.3 Å². The van der Waals surface area contributed by atoms with E-state index in [4.69, 9.17) is 11.0 Å². The van der Waals surface area contributed by atoms with Crippen molar-refractivity contribution >= 4 is 5.91 Å². The van der Waals surface area contributed by atoms with E-state index >= 15 is 0 Å². The fourth-order valence-corrected chi connectivity index (χ4v) is 2.77. The first-order chi connectivity index (χ1) is 10.9. The number of carbonyl (C=O) groups is 1. The summed E-state index contributed by atoms with van der Waals surface area (Å²) in [7, 11) is 0. The summed E-state index contributed by atoms with van der Waals surface area (Å²) in [6.45, 7) is 0.748. The molecule has 1 amide bonds. The Morgan fingerprint density at radius 3 is 1.88 bits per heavy atom. The summed E-state index contributed by atoms with van der Waals surface area (Å²) in [5, 5.41) is 9.91. The zero-order chi connectivity index (χ0) is 18.8. The second-order valence-electron chi connectivity index (χ2n) is 5.74. The molecule has 0 atom stereocenters. The number of hydrogen-bond donors (Lipinski definition) is 2. The Morgan fingerprint density at radius 1 is 1.08 bits per heavy atom. The molecule has 24 heavy (non-hydrogen) atoms. The molecule has 0 saturated heterocycles. The van der Waals surface area contributed by atoms with Crippen LogP contribution in [0.3, 0.4) is 0 Å². The van der Waals surface area contributed by atoms with Gasteiger partial charge in [-0.25, -0.2) is 0 Å². The normalized spacial score (nSPS) is 18.6. The van der Waals surface area contributed by atoms with E-state index in [-0.39, 0.29) is 12.8 Å². The zero-order valence-corrected chi connectivity index (χ0v) is 12.8. The SMILES string of the molecule is C/C(N)=C(/C#N)C(NC(=O)C1CCCCC1)(C(F)(F)F)C(F)(F)F. The lowest BCUT2D eigenvalue weighted by molar-refractivity contribution is -0.291. The van der Waals surface area contributed by atoms with Gasteiger partial charge in [0.1, 0.15) is 0 Å². The Labute approximate surface area is 134 Å². The number of nitrogens with one attached hydrogen (secondary N) is 1. The van der Waals surface area contributed by atoms with Gasteiger partial charge in [-0.1, -0.05) is 19.3 Å². The average Bonchev–Trinajstić information content (AvgIpc) is 2.44. The molecule has 0 heterocycles. The van der Waals surface area contributed by atoms with Crippen molar-refractivity contribution < 1.29 is 31.1 Å². The van der Waals surface area contributed by atoms with Crippen LogP contribution in [0.1, 0.15) is 39.0 Å². The minimum atomic E-state index is -5.98. The quantitative estimate of drug-likeness (QED) is 0.601. The Morgan fingerprint density at radius 2 is 1.54 bits per heavy atom. The van der Waals surface area contributed by atoms with Crippen LogP contribution in [0.4, 0.5) is 26.3 Å². The molecule has 0 aliphatic heterocycles. The highest BCUT2D eigenvalue weighted by molar-refractivity contribution is 5.80. The largest absolute Gasteiger partial charge is 0.425 e. The van der Waals surface area contributed by atoms with Crippen molar-refractivity contribution in [2.45, 2.75) is 56.9 Å². The third-order valence-electron chi connectivity index (χ3n) is 4.02. The number of nitrogens with two attached hydrogens (primary N) is 1. The minimum Gasteiger partial charge on any atom is -0.401 e. The van der Waals surface area contributed by atoms with E-state index in [2.05, 4.69) is 0 Å². The molecule has 0 aromatic carbocycles. The van der Waals surface area contributed by atoms with E-state index in [9.17, 15) is 31.1 Å². The van der Waals surface area contributed by atoms with E-state index in [0.29, 0.717) is 12.8 Å². The van der Waals surface area contributed by atoms with Crippen LogP contribution in [0.2, 0.25) is 0 Å². The van der Waals surface area contributed by atoms with E-state index in [1.807, 2.05) is 0 Å². The second kappa shape index (κ2) is 6.91. The molecular weight excluding hydrogens is 340 g/mol. The topological polar surface area (TPSA) is 78.9 Å². The molecule has 0 spiro atoms. The van der Waals surface area contributed by atoms with Crippen LogP contribution in [-0.4, -0.2) is 23.8 Å². The molecule has 0 aromatic heterocycles. The molecule has 0 bridgehead atoms. The number of allylic oxidation sites excluding steroid dienone is 1. The summed E-state index contributed by atoms with van der Waals surface area (Å²) < 4.78 is 80.5. The molecule has 0 radical (unpaired) electrons. The smallest absolute Gasteiger partial charge is 0.401 e. The van der Waals surface area contributed by atoms with Crippen LogP contribution in [0.25, 0.3) is 0 Å². The summed E-state index contributed by atoms with van der Waals surface area (Å²) >= 11 is 0. The highest BCUT2D eigenvalue weighted by atomic mass is 19.4. The third-order valence-corrected chi connectivity index (χ3v) is 4.02. The lowest BCUT2D eigenvalue weighted by atomic mass is 9.84. The molecule has 1 fully saturated rings. The number of rotatable bonds is 3. The lowest BCUT2D eigenvalue weighted by Crippen LogP contribution is -2.69. The molecule has 3 N–H and O–H groups in total. The molecule has 0 unspecified atom stereocenters. The molecular formula is C14H17F6N3O. The van der Waals surface area contributed by atoms with Gasteiger partial charge in [0.2, 0.25) is 5.91 Å². The number of hydrogen-bond acceptors (Lipinski definition) is 3. The number of nitriles is 1. The van der Waals surface area contributed by atoms with E-state index in [0.717, 1.165) is 24.7 Å². The highest BCUT2D eigenvalue weighted by Gasteiger charge is 2.74. The van der Waals surface area contributed by atoms with Crippen molar-refractivity contribution in [3.8, 4) is 6.07 Å². The van der Waals surface area contributed by atoms with Crippen molar-refractivity contribution in [2.24, 2.45) is 11.7 Å². The van der Waals surface area contributed by atoms with Gasteiger partial charge in [-0.15, -0.1) is 0 Å². The fourth-order valence-electron chi connectivity index (χ4n) is 2.77. The van der Waals surface area contributed by atoms with Gasteiger partial charge >= 0.3 is 12.4 Å². The number of nitrogens with zero attached hydrogens (tertiary/aromatic N) is 1. The Hall–Kier alpha value is -1.92. The first-order valence-electron chi connectivity index (χ1n) is 7.21.